The van der Waals surface area contributed by atoms with Gasteiger partial charge in [0.1, 0.15) is 24.0 Å². The first-order valence-corrected chi connectivity index (χ1v) is 10.6. The van der Waals surface area contributed by atoms with E-state index in [0.29, 0.717) is 40.7 Å². The SMILES string of the molecule is CC(C)CNc1cc(Nc2ccc(CF)cn2)c2ccc(-c3ncccc3C(F)(F)F)nc2n1. The summed E-state index contributed by atoms with van der Waals surface area (Å²) < 4.78 is 53.4. The molecule has 0 spiro atoms. The molecule has 34 heavy (non-hydrogen) atoms. The zero-order valence-electron chi connectivity index (χ0n) is 18.5. The van der Waals surface area contributed by atoms with Crippen LogP contribution in [-0.2, 0) is 12.9 Å². The van der Waals surface area contributed by atoms with E-state index >= 15 is 0 Å². The summed E-state index contributed by atoms with van der Waals surface area (Å²) in [6, 6.07) is 10.4. The van der Waals surface area contributed by atoms with Gasteiger partial charge >= 0.3 is 6.18 Å². The molecule has 0 saturated heterocycles. The molecule has 4 rings (SSSR count). The maximum Gasteiger partial charge on any atom is 0.418 e. The smallest absolute Gasteiger partial charge is 0.370 e. The Morgan fingerprint density at radius 1 is 0.971 bits per heavy atom. The van der Waals surface area contributed by atoms with E-state index in [9.17, 15) is 17.6 Å². The Kier molecular flexibility index (Phi) is 6.58. The van der Waals surface area contributed by atoms with Crippen LogP contribution < -0.4 is 10.6 Å². The fourth-order valence-corrected chi connectivity index (χ4v) is 3.29. The van der Waals surface area contributed by atoms with Crippen LogP contribution in [0.2, 0.25) is 0 Å². The Labute approximate surface area is 193 Å². The third kappa shape index (κ3) is 5.22. The van der Waals surface area contributed by atoms with Crippen LogP contribution in [0.1, 0.15) is 25.0 Å². The number of pyridine rings is 4. The number of halogens is 4. The van der Waals surface area contributed by atoms with Gasteiger partial charge in [-0.3, -0.25) is 4.98 Å². The Morgan fingerprint density at radius 3 is 2.47 bits per heavy atom. The fraction of sp³-hybridized carbons (Fsp3) is 0.250. The summed E-state index contributed by atoms with van der Waals surface area (Å²) in [6.45, 7) is 4.10. The van der Waals surface area contributed by atoms with Crippen molar-refractivity contribution in [2.75, 3.05) is 17.2 Å². The molecule has 0 unspecified atom stereocenters. The van der Waals surface area contributed by atoms with Gasteiger partial charge in [-0.25, -0.2) is 19.3 Å². The van der Waals surface area contributed by atoms with Crippen molar-refractivity contribution in [1.29, 1.82) is 0 Å². The highest BCUT2D eigenvalue weighted by atomic mass is 19.4. The second kappa shape index (κ2) is 9.58. The zero-order chi connectivity index (χ0) is 24.3. The summed E-state index contributed by atoms with van der Waals surface area (Å²) >= 11 is 0. The van der Waals surface area contributed by atoms with Crippen LogP contribution in [0.5, 0.6) is 0 Å². The highest BCUT2D eigenvalue weighted by Crippen LogP contribution is 2.36. The Hall–Kier alpha value is -3.82. The largest absolute Gasteiger partial charge is 0.418 e. The lowest BCUT2D eigenvalue weighted by molar-refractivity contribution is -0.137. The van der Waals surface area contributed by atoms with Crippen LogP contribution in [-0.4, -0.2) is 26.5 Å². The average Bonchev–Trinajstić information content (AvgIpc) is 2.82. The highest BCUT2D eigenvalue weighted by molar-refractivity contribution is 5.93. The first-order chi connectivity index (χ1) is 16.2. The van der Waals surface area contributed by atoms with E-state index in [1.165, 1.54) is 24.5 Å². The lowest BCUT2D eigenvalue weighted by Crippen LogP contribution is -2.10. The van der Waals surface area contributed by atoms with Gasteiger partial charge in [-0.2, -0.15) is 13.2 Å². The molecule has 6 nitrogen and oxygen atoms in total. The van der Waals surface area contributed by atoms with Crippen LogP contribution >= 0.6 is 0 Å². The molecular formula is C24H22F4N6. The first kappa shape index (κ1) is 23.3. The lowest BCUT2D eigenvalue weighted by Gasteiger charge is -2.15. The molecule has 2 N–H and O–H groups in total. The molecule has 4 heterocycles. The highest BCUT2D eigenvalue weighted by Gasteiger charge is 2.34. The molecular weight excluding hydrogens is 448 g/mol. The Balaban J connectivity index is 1.80. The van der Waals surface area contributed by atoms with Gasteiger partial charge in [-0.1, -0.05) is 19.9 Å². The minimum absolute atomic E-state index is 0.0605. The molecule has 0 atom stereocenters. The topological polar surface area (TPSA) is 75.6 Å². The Bertz CT molecular complexity index is 1290. The van der Waals surface area contributed by atoms with Gasteiger partial charge in [0, 0.05) is 36.0 Å². The van der Waals surface area contributed by atoms with Crippen molar-refractivity contribution in [3.63, 3.8) is 0 Å². The van der Waals surface area contributed by atoms with Gasteiger partial charge < -0.3 is 10.6 Å². The lowest BCUT2D eigenvalue weighted by atomic mass is 10.1. The molecule has 4 aromatic heterocycles. The van der Waals surface area contributed by atoms with E-state index in [1.54, 1.807) is 24.3 Å². The van der Waals surface area contributed by atoms with E-state index < -0.39 is 18.4 Å². The van der Waals surface area contributed by atoms with E-state index in [1.807, 2.05) is 13.8 Å². The van der Waals surface area contributed by atoms with Gasteiger partial charge in [0.05, 0.1) is 16.9 Å². The van der Waals surface area contributed by atoms with E-state index in [2.05, 4.69) is 30.6 Å². The summed E-state index contributed by atoms with van der Waals surface area (Å²) in [5.41, 5.74) is 0.223. The van der Waals surface area contributed by atoms with Crippen molar-refractivity contribution in [1.82, 2.24) is 19.9 Å². The number of alkyl halides is 4. The van der Waals surface area contributed by atoms with Crippen molar-refractivity contribution in [3.8, 4) is 11.4 Å². The first-order valence-electron chi connectivity index (χ1n) is 10.6. The number of hydrogen-bond donors (Lipinski definition) is 2. The average molecular weight is 470 g/mol. The minimum atomic E-state index is -4.57. The van der Waals surface area contributed by atoms with E-state index in [-0.39, 0.29) is 17.0 Å². The van der Waals surface area contributed by atoms with Gasteiger partial charge in [0.2, 0.25) is 0 Å². The second-order valence-electron chi connectivity index (χ2n) is 8.11. The maximum atomic E-state index is 13.5. The van der Waals surface area contributed by atoms with Crippen molar-refractivity contribution in [2.24, 2.45) is 5.92 Å². The molecule has 0 radical (unpaired) electrons. The van der Waals surface area contributed by atoms with Crippen molar-refractivity contribution < 1.29 is 17.6 Å². The van der Waals surface area contributed by atoms with Crippen molar-refractivity contribution >= 4 is 28.4 Å². The standard InChI is InChI=1S/C24H22F4N6/c1-14(2)12-30-21-10-19(32-20-8-5-15(11-25)13-31-20)16-6-7-18(33-23(16)34-21)22-17(24(26,27)28)4-3-9-29-22/h3-10,13-14H,11-12H2,1-2H3,(H2,30,31,32,33,34). The molecule has 176 valence electrons. The molecule has 4 aromatic rings. The number of rotatable bonds is 7. The summed E-state index contributed by atoms with van der Waals surface area (Å²) in [5, 5.41) is 6.97. The second-order valence-corrected chi connectivity index (χ2v) is 8.11. The number of hydrogen-bond acceptors (Lipinski definition) is 6. The molecule has 0 aliphatic carbocycles. The summed E-state index contributed by atoms with van der Waals surface area (Å²) in [6.07, 6.45) is -1.84. The molecule has 0 aliphatic heterocycles. The number of nitrogens with one attached hydrogen (secondary N) is 2. The minimum Gasteiger partial charge on any atom is -0.370 e. The summed E-state index contributed by atoms with van der Waals surface area (Å²) in [4.78, 5) is 17.1. The predicted molar refractivity (Wildman–Crippen MR) is 123 cm³/mol. The molecule has 0 aromatic carbocycles. The van der Waals surface area contributed by atoms with E-state index in [4.69, 9.17) is 0 Å². The predicted octanol–water partition coefficient (Wildman–Crippen LogP) is 6.39. The number of nitrogens with zero attached hydrogens (tertiary/aromatic N) is 4. The van der Waals surface area contributed by atoms with Crippen molar-refractivity contribution in [2.45, 2.75) is 26.7 Å². The molecule has 0 amide bonds. The van der Waals surface area contributed by atoms with Crippen LogP contribution in [0, 0.1) is 5.92 Å². The Morgan fingerprint density at radius 2 is 1.79 bits per heavy atom. The normalized spacial score (nSPS) is 11.7. The zero-order valence-corrected chi connectivity index (χ0v) is 18.5. The van der Waals surface area contributed by atoms with Gasteiger partial charge in [-0.15, -0.1) is 0 Å². The van der Waals surface area contributed by atoms with Crippen LogP contribution in [0.25, 0.3) is 22.4 Å². The van der Waals surface area contributed by atoms with Crippen LogP contribution in [0.15, 0.2) is 54.9 Å². The maximum absolute atomic E-state index is 13.5. The molecule has 0 bridgehead atoms. The molecule has 10 heteroatoms. The van der Waals surface area contributed by atoms with Gasteiger partial charge in [0.25, 0.3) is 0 Å². The number of aromatic nitrogens is 4. The monoisotopic (exact) mass is 470 g/mol. The number of anilines is 3. The molecule has 0 fully saturated rings. The molecule has 0 saturated carbocycles. The van der Waals surface area contributed by atoms with Crippen molar-refractivity contribution in [3.05, 3.63) is 66.0 Å². The summed E-state index contributed by atoms with van der Waals surface area (Å²) in [5.74, 6) is 1.32. The van der Waals surface area contributed by atoms with Crippen LogP contribution in [0.4, 0.5) is 34.9 Å². The van der Waals surface area contributed by atoms with E-state index in [0.717, 1.165) is 6.07 Å². The van der Waals surface area contributed by atoms with Gasteiger partial charge in [-0.05, 0) is 36.2 Å². The van der Waals surface area contributed by atoms with Crippen LogP contribution in [0.3, 0.4) is 0 Å². The summed E-state index contributed by atoms with van der Waals surface area (Å²) in [7, 11) is 0. The quantitative estimate of drug-likeness (QED) is 0.305. The number of fused-ring (bicyclic) bond motifs is 1. The van der Waals surface area contributed by atoms with Gasteiger partial charge in [0.15, 0.2) is 5.65 Å². The third-order valence-corrected chi connectivity index (χ3v) is 4.96. The third-order valence-electron chi connectivity index (χ3n) is 4.96. The fourth-order valence-electron chi connectivity index (χ4n) is 3.29. The molecule has 0 aliphatic rings.